The normalized spacial score (nSPS) is 15.3. The van der Waals surface area contributed by atoms with E-state index >= 15 is 0 Å². The van der Waals surface area contributed by atoms with Crippen molar-refractivity contribution in [3.8, 4) is 0 Å². The first kappa shape index (κ1) is 34.1. The van der Waals surface area contributed by atoms with Crippen molar-refractivity contribution in [1.82, 2.24) is 15.5 Å². The van der Waals surface area contributed by atoms with Gasteiger partial charge in [-0.1, -0.05) is 112 Å². The van der Waals surface area contributed by atoms with Gasteiger partial charge in [-0.3, -0.25) is 9.59 Å². The molecule has 1 aliphatic carbocycles. The van der Waals surface area contributed by atoms with Gasteiger partial charge < -0.3 is 20.3 Å². The predicted octanol–water partition coefficient (Wildman–Crippen LogP) is 7.42. The molecule has 2 aromatic rings. The van der Waals surface area contributed by atoms with Crippen molar-refractivity contribution in [2.75, 3.05) is 6.54 Å². The van der Waals surface area contributed by atoms with Gasteiger partial charge in [0, 0.05) is 19.0 Å². The van der Waals surface area contributed by atoms with Crippen LogP contribution in [0.15, 0.2) is 54.6 Å². The third kappa shape index (κ3) is 11.7. The Kier molecular flexibility index (Phi) is 13.6. The van der Waals surface area contributed by atoms with E-state index in [1.165, 1.54) is 6.42 Å². The number of hydrogen-bond donors (Lipinski definition) is 2. The van der Waals surface area contributed by atoms with Crippen molar-refractivity contribution in [3.63, 3.8) is 0 Å². The highest BCUT2D eigenvalue weighted by Crippen LogP contribution is 2.27. The molecule has 2 N–H and O–H groups in total. The number of rotatable bonds is 14. The molecule has 7 nitrogen and oxygen atoms in total. The number of alkyl carbamates (subject to hydrolysis) is 1. The lowest BCUT2D eigenvalue weighted by atomic mass is 9.94. The van der Waals surface area contributed by atoms with Crippen molar-refractivity contribution in [1.29, 1.82) is 0 Å². The standard InChI is InChI=1S/C36H53N3O4/c1-6-7-8-9-16-24-39(32(29-21-17-18-27(2)25-29)33(40)37-30-22-14-11-15-23-30)34(41)31(26-28-19-12-10-13-20-28)38-35(42)43-36(3,4)5/h10,12-13,17-21,25,30-32H,6-9,11,14-16,22-24,26H2,1-5H3,(H,37,40)(H,38,42). The zero-order valence-corrected chi connectivity index (χ0v) is 27.0. The smallest absolute Gasteiger partial charge is 0.408 e. The summed E-state index contributed by atoms with van der Waals surface area (Å²) >= 11 is 0. The Balaban J connectivity index is 2.00. The van der Waals surface area contributed by atoms with E-state index in [0.29, 0.717) is 6.54 Å². The van der Waals surface area contributed by atoms with E-state index in [1.54, 1.807) is 25.7 Å². The summed E-state index contributed by atoms with van der Waals surface area (Å²) in [5.41, 5.74) is 2.01. The molecule has 3 rings (SSSR count). The monoisotopic (exact) mass is 591 g/mol. The van der Waals surface area contributed by atoms with Crippen LogP contribution in [-0.4, -0.2) is 47.0 Å². The van der Waals surface area contributed by atoms with Gasteiger partial charge in [-0.15, -0.1) is 0 Å². The summed E-state index contributed by atoms with van der Waals surface area (Å²) in [7, 11) is 0. The Labute approximate surface area is 259 Å². The lowest BCUT2D eigenvalue weighted by molar-refractivity contribution is -0.143. The number of nitrogens with one attached hydrogen (secondary N) is 2. The first-order valence-electron chi connectivity index (χ1n) is 16.3. The van der Waals surface area contributed by atoms with Crippen LogP contribution in [0, 0.1) is 6.92 Å². The third-order valence-corrected chi connectivity index (χ3v) is 7.93. The minimum absolute atomic E-state index is 0.107. The van der Waals surface area contributed by atoms with E-state index < -0.39 is 23.8 Å². The lowest BCUT2D eigenvalue weighted by Gasteiger charge is -2.36. The van der Waals surface area contributed by atoms with Gasteiger partial charge in [0.2, 0.25) is 11.8 Å². The van der Waals surface area contributed by atoms with Crippen LogP contribution in [-0.2, 0) is 20.7 Å². The fourth-order valence-electron chi connectivity index (χ4n) is 5.79. The van der Waals surface area contributed by atoms with Crippen LogP contribution in [0.3, 0.4) is 0 Å². The molecular formula is C36H53N3O4. The molecule has 1 saturated carbocycles. The molecule has 0 aliphatic heterocycles. The number of amides is 3. The van der Waals surface area contributed by atoms with Crippen molar-refractivity contribution in [3.05, 3.63) is 71.3 Å². The number of unbranched alkanes of at least 4 members (excludes halogenated alkanes) is 4. The molecule has 0 bridgehead atoms. The molecule has 2 aromatic carbocycles. The molecule has 43 heavy (non-hydrogen) atoms. The van der Waals surface area contributed by atoms with Crippen LogP contribution < -0.4 is 10.6 Å². The first-order chi connectivity index (χ1) is 20.6. The maximum absolute atomic E-state index is 14.6. The number of hydrogen-bond acceptors (Lipinski definition) is 4. The molecule has 3 amide bonds. The Morgan fingerprint density at radius 1 is 0.930 bits per heavy atom. The number of benzene rings is 2. The van der Waals surface area contributed by atoms with Gasteiger partial charge in [-0.05, 0) is 58.1 Å². The van der Waals surface area contributed by atoms with Crippen molar-refractivity contribution < 1.29 is 19.1 Å². The summed E-state index contributed by atoms with van der Waals surface area (Å²) in [6.45, 7) is 9.99. The van der Waals surface area contributed by atoms with Crippen LogP contribution in [0.2, 0.25) is 0 Å². The van der Waals surface area contributed by atoms with E-state index in [9.17, 15) is 14.4 Å². The topological polar surface area (TPSA) is 87.7 Å². The summed E-state index contributed by atoms with van der Waals surface area (Å²) in [4.78, 5) is 43.5. The van der Waals surface area contributed by atoms with E-state index in [4.69, 9.17) is 4.74 Å². The average Bonchev–Trinajstić information content (AvgIpc) is 2.96. The molecule has 0 spiro atoms. The SMILES string of the molecule is CCCCCCCN(C(=O)C(Cc1ccccc1)NC(=O)OC(C)(C)C)C(C(=O)NC1CCCCC1)c1cccc(C)c1. The Morgan fingerprint density at radius 3 is 2.28 bits per heavy atom. The number of nitrogens with zero attached hydrogens (tertiary/aromatic N) is 1. The summed E-state index contributed by atoms with van der Waals surface area (Å²) < 4.78 is 5.57. The predicted molar refractivity (Wildman–Crippen MR) is 173 cm³/mol. The van der Waals surface area contributed by atoms with Gasteiger partial charge in [0.1, 0.15) is 17.7 Å². The number of carbonyl (C=O) groups is 3. The zero-order valence-electron chi connectivity index (χ0n) is 27.0. The molecule has 7 heteroatoms. The van der Waals surface area contributed by atoms with Gasteiger partial charge in [-0.2, -0.15) is 0 Å². The number of carbonyl (C=O) groups excluding carboxylic acids is 3. The second-order valence-electron chi connectivity index (χ2n) is 13.0. The highest BCUT2D eigenvalue weighted by molar-refractivity contribution is 5.92. The molecule has 0 aromatic heterocycles. The third-order valence-electron chi connectivity index (χ3n) is 7.93. The van der Waals surface area contributed by atoms with E-state index in [-0.39, 0.29) is 24.3 Å². The van der Waals surface area contributed by atoms with E-state index in [1.807, 2.05) is 61.5 Å². The highest BCUT2D eigenvalue weighted by Gasteiger charge is 2.37. The molecule has 0 heterocycles. The fourth-order valence-corrected chi connectivity index (χ4v) is 5.79. The van der Waals surface area contributed by atoms with Crippen LogP contribution in [0.25, 0.3) is 0 Å². The van der Waals surface area contributed by atoms with Crippen LogP contribution in [0.1, 0.15) is 115 Å². The largest absolute Gasteiger partial charge is 0.444 e. The Bertz CT molecular complexity index is 1150. The maximum atomic E-state index is 14.6. The summed E-state index contributed by atoms with van der Waals surface area (Å²) in [5.74, 6) is -0.439. The average molecular weight is 592 g/mol. The lowest BCUT2D eigenvalue weighted by Crippen LogP contribution is -2.54. The van der Waals surface area contributed by atoms with Crippen LogP contribution in [0.5, 0.6) is 0 Å². The second kappa shape index (κ2) is 17.1. The van der Waals surface area contributed by atoms with Gasteiger partial charge in [0.05, 0.1) is 0 Å². The fraction of sp³-hybridized carbons (Fsp3) is 0.583. The molecule has 0 radical (unpaired) electrons. The summed E-state index contributed by atoms with van der Waals surface area (Å²) in [6.07, 6.45) is 9.99. The van der Waals surface area contributed by atoms with Gasteiger partial charge in [0.25, 0.3) is 0 Å². The minimum Gasteiger partial charge on any atom is -0.444 e. The zero-order chi connectivity index (χ0) is 31.2. The van der Waals surface area contributed by atoms with E-state index in [0.717, 1.165) is 74.5 Å². The van der Waals surface area contributed by atoms with E-state index in [2.05, 4.69) is 17.6 Å². The van der Waals surface area contributed by atoms with Crippen LogP contribution >= 0.6 is 0 Å². The number of aryl methyl sites for hydroxylation is 1. The van der Waals surface area contributed by atoms with Gasteiger partial charge in [0.15, 0.2) is 0 Å². The molecule has 2 atom stereocenters. The Morgan fingerprint density at radius 2 is 1.63 bits per heavy atom. The molecule has 1 fully saturated rings. The van der Waals surface area contributed by atoms with Crippen LogP contribution in [0.4, 0.5) is 4.79 Å². The van der Waals surface area contributed by atoms with Gasteiger partial charge >= 0.3 is 6.09 Å². The maximum Gasteiger partial charge on any atom is 0.408 e. The summed E-state index contributed by atoms with van der Waals surface area (Å²) in [6, 6.07) is 15.9. The first-order valence-corrected chi connectivity index (χ1v) is 16.3. The molecule has 1 aliphatic rings. The molecule has 2 unspecified atom stereocenters. The quantitative estimate of drug-likeness (QED) is 0.224. The molecule has 236 valence electrons. The summed E-state index contributed by atoms with van der Waals surface area (Å²) in [5, 5.41) is 6.17. The minimum atomic E-state index is -0.900. The molecule has 0 saturated heterocycles. The molecular weight excluding hydrogens is 538 g/mol. The Hall–Kier alpha value is -3.35. The van der Waals surface area contributed by atoms with Gasteiger partial charge in [-0.25, -0.2) is 4.79 Å². The van der Waals surface area contributed by atoms with Crippen molar-refractivity contribution in [2.24, 2.45) is 0 Å². The van der Waals surface area contributed by atoms with Crippen molar-refractivity contribution in [2.45, 2.75) is 129 Å². The highest BCUT2D eigenvalue weighted by atomic mass is 16.6. The van der Waals surface area contributed by atoms with Crippen molar-refractivity contribution >= 4 is 17.9 Å². The number of ether oxygens (including phenoxy) is 1. The second-order valence-corrected chi connectivity index (χ2v) is 13.0.